The van der Waals surface area contributed by atoms with E-state index in [1.165, 1.54) is 23.9 Å². The maximum atomic E-state index is 12.9. The van der Waals surface area contributed by atoms with Crippen molar-refractivity contribution in [2.45, 2.75) is 43.9 Å². The van der Waals surface area contributed by atoms with Crippen LogP contribution in [0.5, 0.6) is 0 Å². The molecule has 2 amide bonds. The van der Waals surface area contributed by atoms with Crippen LogP contribution in [0.4, 0.5) is 13.2 Å². The molecule has 0 saturated carbocycles. The van der Waals surface area contributed by atoms with E-state index in [0.29, 0.717) is 16.0 Å². The van der Waals surface area contributed by atoms with Gasteiger partial charge < -0.3 is 10.6 Å². The second-order valence-electron chi connectivity index (χ2n) is 6.83. The number of amides is 2. The van der Waals surface area contributed by atoms with E-state index in [0.717, 1.165) is 12.1 Å². The summed E-state index contributed by atoms with van der Waals surface area (Å²) >= 11 is 1.23. The molecule has 2 aromatic rings. The molecule has 0 aliphatic rings. The molecule has 0 aromatic heterocycles. The lowest BCUT2D eigenvalue weighted by Gasteiger charge is -2.17. The predicted octanol–water partition coefficient (Wildman–Crippen LogP) is 4.81. The first-order chi connectivity index (χ1) is 13.6. The number of carbonyl (C=O) groups excluding carboxylic acids is 2. The Kier molecular flexibility index (Phi) is 7.73. The largest absolute Gasteiger partial charge is 0.416 e. The number of rotatable bonds is 7. The molecule has 2 aromatic carbocycles. The van der Waals surface area contributed by atoms with E-state index in [1.807, 2.05) is 13.8 Å². The van der Waals surface area contributed by atoms with Crippen molar-refractivity contribution < 1.29 is 22.8 Å². The molecule has 0 bridgehead atoms. The average molecular weight is 424 g/mol. The molecule has 1 atom stereocenters. The summed E-state index contributed by atoms with van der Waals surface area (Å²) in [6.07, 6.45) is -4.44. The minimum atomic E-state index is -4.44. The maximum absolute atomic E-state index is 12.9. The highest BCUT2D eigenvalue weighted by molar-refractivity contribution is 8.00. The van der Waals surface area contributed by atoms with Crippen LogP contribution >= 0.6 is 11.8 Å². The number of nitrogens with one attached hydrogen (secondary N) is 2. The lowest BCUT2D eigenvalue weighted by Crippen LogP contribution is -2.31. The van der Waals surface area contributed by atoms with Crippen LogP contribution in [0.15, 0.2) is 53.4 Å². The molecule has 0 aliphatic heterocycles. The number of thioether (sulfide) groups is 1. The fraction of sp³-hybridized carbons (Fsp3) is 0.333. The first kappa shape index (κ1) is 22.8. The summed E-state index contributed by atoms with van der Waals surface area (Å²) in [6, 6.07) is 11.1. The van der Waals surface area contributed by atoms with E-state index < -0.39 is 23.7 Å². The van der Waals surface area contributed by atoms with Gasteiger partial charge in [-0.3, -0.25) is 9.59 Å². The molecule has 156 valence electrons. The van der Waals surface area contributed by atoms with Crippen LogP contribution < -0.4 is 10.6 Å². The van der Waals surface area contributed by atoms with Gasteiger partial charge in [0, 0.05) is 10.9 Å². The molecular weight excluding hydrogens is 401 g/mol. The van der Waals surface area contributed by atoms with Gasteiger partial charge in [0.05, 0.1) is 22.9 Å². The molecule has 0 aliphatic carbocycles. The summed E-state index contributed by atoms with van der Waals surface area (Å²) in [5, 5.41) is 5.51. The molecule has 0 spiro atoms. The van der Waals surface area contributed by atoms with Crippen LogP contribution in [0.2, 0.25) is 0 Å². The number of halogens is 3. The van der Waals surface area contributed by atoms with Gasteiger partial charge in [-0.2, -0.15) is 13.2 Å². The molecule has 1 unspecified atom stereocenters. The maximum Gasteiger partial charge on any atom is 0.416 e. The van der Waals surface area contributed by atoms with E-state index in [4.69, 9.17) is 0 Å². The fourth-order valence-corrected chi connectivity index (χ4v) is 3.49. The van der Waals surface area contributed by atoms with Gasteiger partial charge >= 0.3 is 6.18 Å². The van der Waals surface area contributed by atoms with Crippen LogP contribution in [0, 0.1) is 0 Å². The topological polar surface area (TPSA) is 58.2 Å². The molecule has 29 heavy (non-hydrogen) atoms. The Morgan fingerprint density at radius 1 is 1.00 bits per heavy atom. The van der Waals surface area contributed by atoms with Gasteiger partial charge in [0.1, 0.15) is 0 Å². The first-order valence-corrected chi connectivity index (χ1v) is 10.1. The van der Waals surface area contributed by atoms with E-state index in [1.54, 1.807) is 31.2 Å². The summed E-state index contributed by atoms with van der Waals surface area (Å²) < 4.78 is 38.8. The van der Waals surface area contributed by atoms with Crippen LogP contribution in [0.3, 0.4) is 0 Å². The highest BCUT2D eigenvalue weighted by atomic mass is 32.2. The molecule has 0 saturated heterocycles. The monoisotopic (exact) mass is 424 g/mol. The van der Waals surface area contributed by atoms with Gasteiger partial charge in [0.2, 0.25) is 5.91 Å². The number of hydrogen-bond acceptors (Lipinski definition) is 3. The summed E-state index contributed by atoms with van der Waals surface area (Å²) in [5.41, 5.74) is -0.0356. The van der Waals surface area contributed by atoms with Crippen molar-refractivity contribution >= 4 is 23.6 Å². The number of alkyl halides is 3. The Morgan fingerprint density at radius 2 is 1.69 bits per heavy atom. The van der Waals surface area contributed by atoms with Crippen LogP contribution in [-0.2, 0) is 11.0 Å². The molecular formula is C21H23F3N2O2S. The number of carbonyl (C=O) groups is 2. The molecule has 2 N–H and O–H groups in total. The summed E-state index contributed by atoms with van der Waals surface area (Å²) in [5.74, 6) is -0.397. The van der Waals surface area contributed by atoms with Gasteiger partial charge in [-0.05, 0) is 50.6 Å². The third-order valence-electron chi connectivity index (χ3n) is 4.00. The van der Waals surface area contributed by atoms with Crippen molar-refractivity contribution in [1.29, 1.82) is 0 Å². The third kappa shape index (κ3) is 6.81. The van der Waals surface area contributed by atoms with E-state index >= 15 is 0 Å². The van der Waals surface area contributed by atoms with Crippen molar-refractivity contribution in [2.24, 2.45) is 0 Å². The zero-order chi connectivity index (χ0) is 21.6. The SMILES string of the molecule is CC(C)NC(=O)CSc1ccccc1C(=O)NC(C)c1cccc(C(F)(F)F)c1. The van der Waals surface area contributed by atoms with Crippen LogP contribution in [0.25, 0.3) is 0 Å². The van der Waals surface area contributed by atoms with Crippen molar-refractivity contribution in [3.8, 4) is 0 Å². The van der Waals surface area contributed by atoms with Crippen molar-refractivity contribution in [3.63, 3.8) is 0 Å². The Morgan fingerprint density at radius 3 is 2.34 bits per heavy atom. The lowest BCUT2D eigenvalue weighted by molar-refractivity contribution is -0.137. The number of hydrogen-bond donors (Lipinski definition) is 2. The Labute approximate surface area is 172 Å². The molecule has 8 heteroatoms. The van der Waals surface area contributed by atoms with E-state index in [2.05, 4.69) is 10.6 Å². The zero-order valence-electron chi connectivity index (χ0n) is 16.3. The molecule has 0 radical (unpaired) electrons. The molecule has 2 rings (SSSR count). The minimum Gasteiger partial charge on any atom is -0.353 e. The van der Waals surface area contributed by atoms with Gasteiger partial charge in [-0.15, -0.1) is 11.8 Å². The van der Waals surface area contributed by atoms with Gasteiger partial charge in [-0.1, -0.05) is 24.3 Å². The average Bonchev–Trinajstić information content (AvgIpc) is 2.65. The normalized spacial score (nSPS) is 12.5. The first-order valence-electron chi connectivity index (χ1n) is 9.07. The zero-order valence-corrected chi connectivity index (χ0v) is 17.2. The molecule has 0 fully saturated rings. The highest BCUT2D eigenvalue weighted by Crippen LogP contribution is 2.31. The highest BCUT2D eigenvalue weighted by Gasteiger charge is 2.30. The molecule has 4 nitrogen and oxygen atoms in total. The van der Waals surface area contributed by atoms with Crippen molar-refractivity contribution in [3.05, 3.63) is 65.2 Å². The van der Waals surface area contributed by atoms with Crippen LogP contribution in [0.1, 0.15) is 48.3 Å². The van der Waals surface area contributed by atoms with Gasteiger partial charge in [0.25, 0.3) is 5.91 Å². The Balaban J connectivity index is 2.10. The smallest absolute Gasteiger partial charge is 0.353 e. The Bertz CT molecular complexity index is 869. The second-order valence-corrected chi connectivity index (χ2v) is 7.84. The predicted molar refractivity (Wildman–Crippen MR) is 108 cm³/mol. The summed E-state index contributed by atoms with van der Waals surface area (Å²) in [4.78, 5) is 25.2. The van der Waals surface area contributed by atoms with E-state index in [-0.39, 0.29) is 17.7 Å². The summed E-state index contributed by atoms with van der Waals surface area (Å²) in [7, 11) is 0. The number of benzene rings is 2. The van der Waals surface area contributed by atoms with Crippen molar-refractivity contribution in [2.75, 3.05) is 5.75 Å². The van der Waals surface area contributed by atoms with E-state index in [9.17, 15) is 22.8 Å². The van der Waals surface area contributed by atoms with Crippen LogP contribution in [-0.4, -0.2) is 23.6 Å². The van der Waals surface area contributed by atoms with Crippen molar-refractivity contribution in [1.82, 2.24) is 10.6 Å². The lowest BCUT2D eigenvalue weighted by atomic mass is 10.0. The second kappa shape index (κ2) is 9.82. The molecule has 0 heterocycles. The minimum absolute atomic E-state index is 0.0231. The Hall–Kier alpha value is -2.48. The fourth-order valence-electron chi connectivity index (χ4n) is 2.63. The van der Waals surface area contributed by atoms with Gasteiger partial charge in [-0.25, -0.2) is 0 Å². The quantitative estimate of drug-likeness (QED) is 0.627. The summed E-state index contributed by atoms with van der Waals surface area (Å²) in [6.45, 7) is 5.34. The van der Waals surface area contributed by atoms with Gasteiger partial charge in [0.15, 0.2) is 0 Å². The third-order valence-corrected chi connectivity index (χ3v) is 5.08. The standard InChI is InChI=1S/C21H23F3N2O2S/c1-13(2)25-19(27)12-29-18-10-5-4-9-17(18)20(28)26-14(3)15-7-6-8-16(11-15)21(22,23)24/h4-11,13-14H,12H2,1-3H3,(H,25,27)(H,26,28).